The molecule has 0 heterocycles. The minimum atomic E-state index is -0.676. The van der Waals surface area contributed by atoms with E-state index in [1.54, 1.807) is 0 Å². The normalized spacial score (nSPS) is 12.9. The van der Waals surface area contributed by atoms with Crippen LogP contribution in [0.1, 0.15) is 129 Å². The highest BCUT2D eigenvalue weighted by Gasteiger charge is 2.19. The quantitative estimate of drug-likeness (QED) is 0.137. The molecule has 0 radical (unpaired) electrons. The van der Waals surface area contributed by atoms with Gasteiger partial charge in [-0.3, -0.25) is 4.79 Å². The highest BCUT2D eigenvalue weighted by Crippen LogP contribution is 2.14. The molecule has 0 aliphatic rings. The summed E-state index contributed by atoms with van der Waals surface area (Å²) in [5, 5.41) is 19.0. The van der Waals surface area contributed by atoms with Gasteiger partial charge < -0.3 is 14.7 Å². The second kappa shape index (κ2) is 20.3. The maximum absolute atomic E-state index is 10.5. The number of unbranched alkanes of at least 4 members (excludes halogenated alkanes) is 15. The molecule has 0 spiro atoms. The van der Waals surface area contributed by atoms with Crippen molar-refractivity contribution in [1.29, 1.82) is 0 Å². The molecule has 0 bridgehead atoms. The molecule has 0 saturated carbocycles. The molecular weight excluding hydrogens is 374 g/mol. The van der Waals surface area contributed by atoms with Gasteiger partial charge in [0.05, 0.1) is 20.6 Å². The van der Waals surface area contributed by atoms with E-state index in [1.165, 1.54) is 89.9 Å². The van der Waals surface area contributed by atoms with E-state index in [1.807, 2.05) is 0 Å². The molecule has 0 aromatic rings. The smallest absolute Gasteiger partial charge is 0.303 e. The Morgan fingerprint density at radius 3 is 1.63 bits per heavy atom. The predicted molar refractivity (Wildman–Crippen MR) is 129 cm³/mol. The van der Waals surface area contributed by atoms with Crippen LogP contribution in [0.3, 0.4) is 0 Å². The van der Waals surface area contributed by atoms with Crippen LogP contribution in [0.5, 0.6) is 0 Å². The van der Waals surface area contributed by atoms with E-state index in [2.05, 4.69) is 21.0 Å². The van der Waals surface area contributed by atoms with Gasteiger partial charge in [0.2, 0.25) is 0 Å². The summed E-state index contributed by atoms with van der Waals surface area (Å²) in [7, 11) is 4.49. The van der Waals surface area contributed by atoms with Crippen molar-refractivity contribution in [3.8, 4) is 0 Å². The standard InChI is InChI=1S/C26H53NO3/c1-4-5-6-7-8-9-10-12-15-18-21-25(28)24-27(2,3)23-20-17-14-11-13-16-19-22-26(29)30/h25,28H,4-24H2,1-3H3/p+1. The zero-order valence-corrected chi connectivity index (χ0v) is 20.7. The Kier molecular flexibility index (Phi) is 19.9. The highest BCUT2D eigenvalue weighted by molar-refractivity contribution is 5.66. The number of carbonyl (C=O) groups is 1. The average molecular weight is 429 g/mol. The molecule has 1 atom stereocenters. The Morgan fingerprint density at radius 2 is 1.13 bits per heavy atom. The molecule has 0 fully saturated rings. The van der Waals surface area contributed by atoms with E-state index >= 15 is 0 Å². The third-order valence-electron chi connectivity index (χ3n) is 6.25. The van der Waals surface area contributed by atoms with Gasteiger partial charge in [0.1, 0.15) is 12.6 Å². The van der Waals surface area contributed by atoms with Crippen LogP contribution in [0, 0.1) is 0 Å². The van der Waals surface area contributed by atoms with Gasteiger partial charge in [-0.1, -0.05) is 96.8 Å². The minimum Gasteiger partial charge on any atom is -0.481 e. The van der Waals surface area contributed by atoms with Gasteiger partial charge in [-0.25, -0.2) is 0 Å². The van der Waals surface area contributed by atoms with Crippen LogP contribution in [0.15, 0.2) is 0 Å². The third-order valence-corrected chi connectivity index (χ3v) is 6.25. The molecule has 0 saturated heterocycles. The maximum atomic E-state index is 10.5. The summed E-state index contributed by atoms with van der Waals surface area (Å²) in [5.74, 6) is -0.676. The molecule has 0 aromatic heterocycles. The number of aliphatic carboxylic acids is 1. The van der Waals surface area contributed by atoms with Gasteiger partial charge in [0.25, 0.3) is 0 Å². The summed E-state index contributed by atoms with van der Waals surface area (Å²) in [6, 6.07) is 0. The number of carboxylic acid groups (broad SMARTS) is 1. The van der Waals surface area contributed by atoms with Crippen molar-refractivity contribution in [3.63, 3.8) is 0 Å². The van der Waals surface area contributed by atoms with Gasteiger partial charge in [0.15, 0.2) is 0 Å². The maximum Gasteiger partial charge on any atom is 0.303 e. The lowest BCUT2D eigenvalue weighted by Crippen LogP contribution is -2.45. The Hall–Kier alpha value is -0.610. The Bertz CT molecular complexity index is 384. The van der Waals surface area contributed by atoms with E-state index in [9.17, 15) is 9.90 Å². The number of aliphatic hydroxyl groups excluding tert-OH is 1. The molecule has 1 unspecified atom stereocenters. The molecule has 0 amide bonds. The number of quaternary nitrogens is 1. The SMILES string of the molecule is CCCCCCCCCCCCC(O)C[N+](C)(C)CCCCCCCCCC(=O)O. The van der Waals surface area contributed by atoms with Crippen LogP contribution < -0.4 is 0 Å². The van der Waals surface area contributed by atoms with E-state index in [0.717, 1.165) is 43.3 Å². The molecule has 4 heteroatoms. The number of rotatable bonds is 23. The van der Waals surface area contributed by atoms with E-state index < -0.39 is 5.97 Å². The first-order valence-electron chi connectivity index (χ1n) is 13.1. The van der Waals surface area contributed by atoms with Crippen LogP contribution >= 0.6 is 0 Å². The largest absolute Gasteiger partial charge is 0.481 e. The van der Waals surface area contributed by atoms with Crippen LogP contribution in [-0.4, -0.2) is 54.0 Å². The summed E-state index contributed by atoms with van der Waals surface area (Å²) in [6.45, 7) is 4.27. The number of carboxylic acids is 1. The number of nitrogens with zero attached hydrogens (tertiary/aromatic N) is 1. The zero-order chi connectivity index (χ0) is 22.5. The Labute approximate surface area is 188 Å². The topological polar surface area (TPSA) is 57.5 Å². The summed E-state index contributed by atoms with van der Waals surface area (Å²) in [4.78, 5) is 10.5. The van der Waals surface area contributed by atoms with Crippen molar-refractivity contribution in [2.24, 2.45) is 0 Å². The summed E-state index contributed by atoms with van der Waals surface area (Å²) < 4.78 is 0.914. The molecule has 4 nitrogen and oxygen atoms in total. The molecule has 0 aliphatic carbocycles. The molecular formula is C26H54NO3+. The monoisotopic (exact) mass is 428 g/mol. The van der Waals surface area contributed by atoms with Gasteiger partial charge in [-0.2, -0.15) is 0 Å². The zero-order valence-electron chi connectivity index (χ0n) is 20.7. The van der Waals surface area contributed by atoms with Gasteiger partial charge >= 0.3 is 5.97 Å². The van der Waals surface area contributed by atoms with Crippen LogP contribution in [0.4, 0.5) is 0 Å². The average Bonchev–Trinajstić information content (AvgIpc) is 2.67. The molecule has 0 aromatic carbocycles. The van der Waals surface area contributed by atoms with Crippen molar-refractivity contribution < 1.29 is 19.5 Å². The first-order valence-corrected chi connectivity index (χ1v) is 13.1. The van der Waals surface area contributed by atoms with Gasteiger partial charge in [0, 0.05) is 6.42 Å². The second-order valence-electron chi connectivity index (χ2n) is 10.1. The lowest BCUT2D eigenvalue weighted by atomic mass is 10.0. The van der Waals surface area contributed by atoms with Crippen molar-refractivity contribution in [2.75, 3.05) is 27.2 Å². The summed E-state index contributed by atoms with van der Waals surface area (Å²) in [5.41, 5.74) is 0. The fraction of sp³-hybridized carbons (Fsp3) is 0.962. The van der Waals surface area contributed by atoms with Crippen molar-refractivity contribution in [2.45, 2.75) is 135 Å². The highest BCUT2D eigenvalue weighted by atomic mass is 16.4. The second-order valence-corrected chi connectivity index (χ2v) is 10.1. The van der Waals surface area contributed by atoms with Gasteiger partial charge in [-0.05, 0) is 25.7 Å². The number of hydrogen-bond donors (Lipinski definition) is 2. The lowest BCUT2D eigenvalue weighted by Gasteiger charge is -2.32. The predicted octanol–water partition coefficient (Wildman–Crippen LogP) is 6.94. The Morgan fingerprint density at radius 1 is 0.700 bits per heavy atom. The molecule has 0 rings (SSSR count). The first kappa shape index (κ1) is 29.4. The van der Waals surface area contributed by atoms with Crippen LogP contribution in [-0.2, 0) is 4.79 Å². The molecule has 2 N–H and O–H groups in total. The summed E-state index contributed by atoms with van der Waals surface area (Å²) in [6.07, 6.45) is 22.5. The fourth-order valence-corrected chi connectivity index (χ4v) is 4.32. The minimum absolute atomic E-state index is 0.164. The fourth-order valence-electron chi connectivity index (χ4n) is 4.32. The number of aliphatic hydroxyl groups is 1. The third kappa shape index (κ3) is 22.1. The van der Waals surface area contributed by atoms with Gasteiger partial charge in [-0.15, -0.1) is 0 Å². The van der Waals surface area contributed by atoms with E-state index in [-0.39, 0.29) is 6.10 Å². The first-order chi connectivity index (χ1) is 14.4. The number of likely N-dealkylation sites (N-methyl/N-ethyl adjacent to an activating group) is 1. The molecule has 0 aliphatic heterocycles. The van der Waals surface area contributed by atoms with Crippen molar-refractivity contribution >= 4 is 5.97 Å². The molecule has 180 valence electrons. The van der Waals surface area contributed by atoms with E-state index in [0.29, 0.717) is 6.42 Å². The van der Waals surface area contributed by atoms with Crippen LogP contribution in [0.25, 0.3) is 0 Å². The Balaban J connectivity index is 3.50. The van der Waals surface area contributed by atoms with Crippen molar-refractivity contribution in [1.82, 2.24) is 0 Å². The molecule has 30 heavy (non-hydrogen) atoms. The van der Waals surface area contributed by atoms with Crippen molar-refractivity contribution in [3.05, 3.63) is 0 Å². The van der Waals surface area contributed by atoms with E-state index in [4.69, 9.17) is 5.11 Å². The lowest BCUT2D eigenvalue weighted by molar-refractivity contribution is -0.893. The van der Waals surface area contributed by atoms with Crippen LogP contribution in [0.2, 0.25) is 0 Å². The summed E-state index contributed by atoms with van der Waals surface area (Å²) >= 11 is 0. The number of hydrogen-bond acceptors (Lipinski definition) is 2.